The van der Waals surface area contributed by atoms with Crippen molar-refractivity contribution >= 4 is 28.5 Å². The molecular formula is C26H27N9. The summed E-state index contributed by atoms with van der Waals surface area (Å²) in [4.78, 5) is 10.9. The zero-order valence-corrected chi connectivity index (χ0v) is 19.8. The zero-order chi connectivity index (χ0) is 24.1. The number of aromatic nitrogens is 6. The SMILES string of the molecule is Cc1ccccc1-n1ncc(CN2CC(n3ncc4c(N)nc(N)nc43)Cc3ccccc32)c1C. The molecule has 1 atom stereocenters. The summed E-state index contributed by atoms with van der Waals surface area (Å²) in [5, 5.41) is 10.1. The lowest BCUT2D eigenvalue weighted by Crippen LogP contribution is -2.37. The first-order valence-electron chi connectivity index (χ1n) is 11.7. The molecule has 4 N–H and O–H groups in total. The predicted octanol–water partition coefficient (Wildman–Crippen LogP) is 3.60. The van der Waals surface area contributed by atoms with Gasteiger partial charge in [-0.25, -0.2) is 9.36 Å². The third-order valence-corrected chi connectivity index (χ3v) is 6.88. The molecule has 0 spiro atoms. The summed E-state index contributed by atoms with van der Waals surface area (Å²) >= 11 is 0. The molecule has 0 aliphatic carbocycles. The fraction of sp³-hybridized carbons (Fsp3) is 0.231. The molecule has 0 saturated heterocycles. The Hall–Kier alpha value is -4.40. The van der Waals surface area contributed by atoms with Gasteiger partial charge in [0.2, 0.25) is 5.95 Å². The lowest BCUT2D eigenvalue weighted by atomic mass is 9.97. The van der Waals surface area contributed by atoms with E-state index < -0.39 is 0 Å². The molecule has 0 radical (unpaired) electrons. The number of nitrogens with two attached hydrogens (primary N) is 2. The monoisotopic (exact) mass is 465 g/mol. The average molecular weight is 466 g/mol. The van der Waals surface area contributed by atoms with Crippen LogP contribution in [0.3, 0.4) is 0 Å². The standard InChI is InChI=1S/C26H27N9/c1-16-7-3-5-9-22(16)34-17(2)19(12-29-34)14-33-15-20(11-18-8-4-6-10-23(18)33)35-25-21(13-30-35)24(27)31-26(28)32-25/h3-10,12-13,20H,11,14-15H2,1-2H3,(H4,27,28,31,32). The molecule has 2 aromatic carbocycles. The van der Waals surface area contributed by atoms with E-state index in [1.54, 1.807) is 6.20 Å². The Bertz CT molecular complexity index is 1550. The van der Waals surface area contributed by atoms with E-state index in [9.17, 15) is 0 Å². The summed E-state index contributed by atoms with van der Waals surface area (Å²) in [5.74, 6) is 0.509. The highest BCUT2D eigenvalue weighted by Gasteiger charge is 2.28. The second-order valence-corrected chi connectivity index (χ2v) is 9.11. The minimum Gasteiger partial charge on any atom is -0.383 e. The molecular weight excluding hydrogens is 438 g/mol. The lowest BCUT2D eigenvalue weighted by Gasteiger charge is -2.36. The van der Waals surface area contributed by atoms with Gasteiger partial charge in [0.05, 0.1) is 29.5 Å². The fourth-order valence-corrected chi connectivity index (χ4v) is 5.06. The molecule has 0 fully saturated rings. The molecule has 5 aromatic rings. The number of fused-ring (bicyclic) bond motifs is 2. The van der Waals surface area contributed by atoms with Crippen molar-refractivity contribution in [2.45, 2.75) is 32.9 Å². The molecule has 0 bridgehead atoms. The topological polar surface area (TPSA) is 117 Å². The molecule has 0 saturated carbocycles. The molecule has 0 amide bonds. The van der Waals surface area contributed by atoms with Gasteiger partial charge in [-0.3, -0.25) is 0 Å². The van der Waals surface area contributed by atoms with E-state index in [2.05, 4.69) is 76.3 Å². The van der Waals surface area contributed by atoms with Crippen molar-refractivity contribution < 1.29 is 0 Å². The second kappa shape index (κ2) is 8.12. The summed E-state index contributed by atoms with van der Waals surface area (Å²) in [6, 6.07) is 16.9. The number of aryl methyl sites for hydroxylation is 1. The number of anilines is 3. The van der Waals surface area contributed by atoms with Gasteiger partial charge in [0.1, 0.15) is 5.82 Å². The number of hydrogen-bond donors (Lipinski definition) is 2. The summed E-state index contributed by atoms with van der Waals surface area (Å²) in [6.07, 6.45) is 4.55. The second-order valence-electron chi connectivity index (χ2n) is 9.11. The van der Waals surface area contributed by atoms with Crippen LogP contribution in [0.4, 0.5) is 17.5 Å². The highest BCUT2D eigenvalue weighted by atomic mass is 15.4. The van der Waals surface area contributed by atoms with Gasteiger partial charge in [-0.15, -0.1) is 0 Å². The molecule has 3 aromatic heterocycles. The Labute approximate surface area is 203 Å². The van der Waals surface area contributed by atoms with Crippen LogP contribution in [0.1, 0.15) is 28.4 Å². The summed E-state index contributed by atoms with van der Waals surface area (Å²) < 4.78 is 3.97. The van der Waals surface area contributed by atoms with E-state index in [0.29, 0.717) is 11.5 Å². The summed E-state index contributed by atoms with van der Waals surface area (Å²) in [7, 11) is 0. The van der Waals surface area contributed by atoms with E-state index in [0.717, 1.165) is 36.3 Å². The van der Waals surface area contributed by atoms with Crippen LogP contribution in [0, 0.1) is 13.8 Å². The minimum absolute atomic E-state index is 0.0721. The van der Waals surface area contributed by atoms with Crippen LogP contribution >= 0.6 is 0 Å². The van der Waals surface area contributed by atoms with Crippen molar-refractivity contribution in [2.75, 3.05) is 22.9 Å². The smallest absolute Gasteiger partial charge is 0.224 e. The summed E-state index contributed by atoms with van der Waals surface area (Å²) in [6.45, 7) is 5.75. The number of nitrogen functional groups attached to an aromatic ring is 2. The largest absolute Gasteiger partial charge is 0.383 e. The highest BCUT2D eigenvalue weighted by Crippen LogP contribution is 2.35. The van der Waals surface area contributed by atoms with Gasteiger partial charge in [0, 0.05) is 30.0 Å². The molecule has 176 valence electrons. The average Bonchev–Trinajstić information content (AvgIpc) is 3.43. The quantitative estimate of drug-likeness (QED) is 0.416. The molecule has 1 aliphatic rings. The Balaban J connectivity index is 1.37. The van der Waals surface area contributed by atoms with Crippen LogP contribution in [0.15, 0.2) is 60.9 Å². The maximum Gasteiger partial charge on any atom is 0.224 e. The number of benzene rings is 2. The molecule has 9 heteroatoms. The van der Waals surface area contributed by atoms with E-state index in [4.69, 9.17) is 16.6 Å². The van der Waals surface area contributed by atoms with Crippen molar-refractivity contribution in [1.29, 1.82) is 0 Å². The third-order valence-electron chi connectivity index (χ3n) is 6.88. The van der Waals surface area contributed by atoms with Crippen molar-refractivity contribution in [3.63, 3.8) is 0 Å². The maximum atomic E-state index is 6.08. The zero-order valence-electron chi connectivity index (χ0n) is 19.8. The van der Waals surface area contributed by atoms with Crippen LogP contribution in [0.25, 0.3) is 16.7 Å². The van der Waals surface area contributed by atoms with E-state index >= 15 is 0 Å². The first-order valence-corrected chi connectivity index (χ1v) is 11.7. The van der Waals surface area contributed by atoms with E-state index in [1.165, 1.54) is 22.4 Å². The Kier molecular flexibility index (Phi) is 4.91. The normalized spacial score (nSPS) is 15.5. The van der Waals surface area contributed by atoms with Crippen LogP contribution in [0.5, 0.6) is 0 Å². The fourth-order valence-electron chi connectivity index (χ4n) is 5.06. The van der Waals surface area contributed by atoms with Crippen LogP contribution in [0.2, 0.25) is 0 Å². The third kappa shape index (κ3) is 3.56. The van der Waals surface area contributed by atoms with Gasteiger partial charge in [-0.1, -0.05) is 36.4 Å². The molecule has 1 unspecified atom stereocenters. The molecule has 35 heavy (non-hydrogen) atoms. The van der Waals surface area contributed by atoms with Crippen LogP contribution in [-0.2, 0) is 13.0 Å². The van der Waals surface area contributed by atoms with E-state index in [1.807, 2.05) is 21.6 Å². The lowest BCUT2D eigenvalue weighted by molar-refractivity contribution is 0.439. The van der Waals surface area contributed by atoms with Crippen molar-refractivity contribution in [3.05, 3.63) is 83.3 Å². The molecule has 9 nitrogen and oxygen atoms in total. The summed E-state index contributed by atoms with van der Waals surface area (Å²) in [5.41, 5.74) is 19.8. The van der Waals surface area contributed by atoms with Gasteiger partial charge >= 0.3 is 0 Å². The predicted molar refractivity (Wildman–Crippen MR) is 137 cm³/mol. The van der Waals surface area contributed by atoms with Crippen molar-refractivity contribution in [1.82, 2.24) is 29.5 Å². The molecule has 6 rings (SSSR count). The Morgan fingerprint density at radius 3 is 2.51 bits per heavy atom. The number of para-hydroxylation sites is 2. The van der Waals surface area contributed by atoms with Gasteiger partial charge in [-0.2, -0.15) is 20.2 Å². The van der Waals surface area contributed by atoms with Crippen molar-refractivity contribution in [2.24, 2.45) is 0 Å². The van der Waals surface area contributed by atoms with Crippen LogP contribution in [-0.4, -0.2) is 36.1 Å². The highest BCUT2D eigenvalue weighted by molar-refractivity contribution is 5.86. The first-order chi connectivity index (χ1) is 17.0. The van der Waals surface area contributed by atoms with Gasteiger partial charge < -0.3 is 16.4 Å². The van der Waals surface area contributed by atoms with Gasteiger partial charge in [0.15, 0.2) is 5.65 Å². The first kappa shape index (κ1) is 21.2. The van der Waals surface area contributed by atoms with Gasteiger partial charge in [0.25, 0.3) is 0 Å². The van der Waals surface area contributed by atoms with Gasteiger partial charge in [-0.05, 0) is 43.5 Å². The maximum absolute atomic E-state index is 6.08. The minimum atomic E-state index is 0.0721. The van der Waals surface area contributed by atoms with E-state index in [-0.39, 0.29) is 12.0 Å². The Morgan fingerprint density at radius 2 is 1.69 bits per heavy atom. The Morgan fingerprint density at radius 1 is 0.914 bits per heavy atom. The number of rotatable bonds is 4. The molecule has 4 heterocycles. The number of nitrogens with zero attached hydrogens (tertiary/aromatic N) is 7. The number of hydrogen-bond acceptors (Lipinski definition) is 7. The van der Waals surface area contributed by atoms with Crippen LogP contribution < -0.4 is 16.4 Å². The van der Waals surface area contributed by atoms with Crippen molar-refractivity contribution in [3.8, 4) is 5.69 Å². The molecule has 1 aliphatic heterocycles.